The van der Waals surface area contributed by atoms with Gasteiger partial charge >= 0.3 is 0 Å². The van der Waals surface area contributed by atoms with Crippen LogP contribution in [-0.2, 0) is 6.54 Å². The third-order valence-corrected chi connectivity index (χ3v) is 3.97. The van der Waals surface area contributed by atoms with Crippen molar-refractivity contribution >= 4 is 15.9 Å². The summed E-state index contributed by atoms with van der Waals surface area (Å²) in [5.74, 6) is 1.83. The number of phenolic OH excluding ortho intramolecular Hbond substituents is 1. The fraction of sp³-hybridized carbons (Fsp3) is 0.647. The maximum Gasteiger partial charge on any atom is 0.120 e. The zero-order valence-electron chi connectivity index (χ0n) is 13.2. The van der Waals surface area contributed by atoms with E-state index in [2.05, 4.69) is 48.5 Å². The predicted octanol–water partition coefficient (Wildman–Crippen LogP) is 5.05. The van der Waals surface area contributed by atoms with Crippen LogP contribution in [-0.4, -0.2) is 23.1 Å². The van der Waals surface area contributed by atoms with Crippen molar-refractivity contribution in [2.75, 3.05) is 13.1 Å². The molecule has 0 radical (unpaired) electrons. The highest BCUT2D eigenvalue weighted by Crippen LogP contribution is 2.24. The first-order valence-electron chi connectivity index (χ1n) is 7.58. The molecule has 1 N–H and O–H groups in total. The maximum atomic E-state index is 9.99. The molecule has 20 heavy (non-hydrogen) atoms. The number of halogens is 1. The number of phenols is 1. The monoisotopic (exact) mass is 341 g/mol. The van der Waals surface area contributed by atoms with Crippen LogP contribution < -0.4 is 0 Å². The van der Waals surface area contributed by atoms with E-state index < -0.39 is 0 Å². The summed E-state index contributed by atoms with van der Waals surface area (Å²) in [6.07, 6.45) is 2.40. The van der Waals surface area contributed by atoms with Gasteiger partial charge in [0.2, 0.25) is 0 Å². The van der Waals surface area contributed by atoms with E-state index in [1.807, 2.05) is 12.1 Å². The summed E-state index contributed by atoms with van der Waals surface area (Å²) in [6.45, 7) is 12.1. The van der Waals surface area contributed by atoms with Crippen molar-refractivity contribution in [1.82, 2.24) is 4.90 Å². The Labute approximate surface area is 132 Å². The molecule has 0 fully saturated rings. The molecule has 2 nitrogen and oxygen atoms in total. The Kier molecular flexibility index (Phi) is 7.60. The molecule has 0 aliphatic heterocycles. The van der Waals surface area contributed by atoms with Gasteiger partial charge in [0.1, 0.15) is 5.75 Å². The van der Waals surface area contributed by atoms with E-state index in [1.54, 1.807) is 6.07 Å². The Morgan fingerprint density at radius 1 is 1.05 bits per heavy atom. The number of hydrogen-bond donors (Lipinski definition) is 1. The third kappa shape index (κ3) is 6.76. The zero-order valence-corrected chi connectivity index (χ0v) is 14.8. The van der Waals surface area contributed by atoms with Gasteiger partial charge in [-0.25, -0.2) is 0 Å². The number of hydrogen-bond acceptors (Lipinski definition) is 2. The van der Waals surface area contributed by atoms with Crippen molar-refractivity contribution < 1.29 is 5.11 Å². The van der Waals surface area contributed by atoms with E-state index in [0.29, 0.717) is 17.6 Å². The first-order chi connectivity index (χ1) is 9.38. The summed E-state index contributed by atoms with van der Waals surface area (Å²) in [5.41, 5.74) is 1.01. The fourth-order valence-electron chi connectivity index (χ4n) is 2.07. The van der Waals surface area contributed by atoms with Crippen molar-refractivity contribution in [1.29, 1.82) is 0 Å². The van der Waals surface area contributed by atoms with Gasteiger partial charge in [0.05, 0.1) is 0 Å². The molecule has 0 aliphatic carbocycles. The number of rotatable bonds is 8. The number of benzene rings is 1. The first kappa shape index (κ1) is 17.5. The highest BCUT2D eigenvalue weighted by Gasteiger charge is 2.11. The van der Waals surface area contributed by atoms with Gasteiger partial charge in [0, 0.05) is 16.6 Å². The summed E-state index contributed by atoms with van der Waals surface area (Å²) in [6, 6.07) is 5.67. The Hall–Kier alpha value is -0.540. The van der Waals surface area contributed by atoms with Crippen molar-refractivity contribution in [2.45, 2.75) is 47.1 Å². The van der Waals surface area contributed by atoms with Crippen molar-refractivity contribution in [2.24, 2.45) is 11.8 Å². The van der Waals surface area contributed by atoms with Gasteiger partial charge in [-0.1, -0.05) is 43.6 Å². The van der Waals surface area contributed by atoms with E-state index >= 15 is 0 Å². The molecular weight excluding hydrogens is 314 g/mol. The average Bonchev–Trinajstić information content (AvgIpc) is 2.36. The molecule has 0 saturated heterocycles. The molecular formula is C17H28BrNO. The summed E-state index contributed by atoms with van der Waals surface area (Å²) < 4.78 is 1.03. The van der Waals surface area contributed by atoms with E-state index in [9.17, 15) is 5.11 Å². The third-order valence-electron chi connectivity index (χ3n) is 3.48. The Bertz CT molecular complexity index is 392. The number of aromatic hydroxyl groups is 1. The van der Waals surface area contributed by atoms with Crippen LogP contribution in [0.2, 0.25) is 0 Å². The van der Waals surface area contributed by atoms with Crippen LogP contribution in [0, 0.1) is 11.8 Å². The van der Waals surface area contributed by atoms with Crippen LogP contribution in [0.4, 0.5) is 0 Å². The van der Waals surface area contributed by atoms with Gasteiger partial charge in [-0.15, -0.1) is 0 Å². The Balaban J connectivity index is 2.68. The maximum absolute atomic E-state index is 9.99. The van der Waals surface area contributed by atoms with Crippen LogP contribution in [0.1, 0.15) is 46.1 Å². The molecule has 0 atom stereocenters. The second kappa shape index (κ2) is 8.68. The molecule has 1 rings (SSSR count). The molecule has 0 saturated carbocycles. The molecule has 0 heterocycles. The lowest BCUT2D eigenvalue weighted by Gasteiger charge is -2.24. The lowest BCUT2D eigenvalue weighted by Crippen LogP contribution is -2.27. The van der Waals surface area contributed by atoms with Crippen LogP contribution >= 0.6 is 15.9 Å². The van der Waals surface area contributed by atoms with Gasteiger partial charge < -0.3 is 5.11 Å². The van der Waals surface area contributed by atoms with Crippen molar-refractivity contribution in [3.05, 3.63) is 28.2 Å². The van der Waals surface area contributed by atoms with Crippen molar-refractivity contribution in [3.8, 4) is 5.75 Å². The second-order valence-corrected chi connectivity index (χ2v) is 7.33. The van der Waals surface area contributed by atoms with E-state index in [0.717, 1.165) is 29.7 Å². The van der Waals surface area contributed by atoms with Crippen LogP contribution in [0.5, 0.6) is 5.75 Å². The molecule has 0 amide bonds. The van der Waals surface area contributed by atoms with Crippen LogP contribution in [0.3, 0.4) is 0 Å². The smallest absolute Gasteiger partial charge is 0.120 e. The quantitative estimate of drug-likeness (QED) is 0.715. The summed E-state index contributed by atoms with van der Waals surface area (Å²) in [4.78, 5) is 2.46. The van der Waals surface area contributed by atoms with Crippen LogP contribution in [0.25, 0.3) is 0 Å². The molecule has 0 aliphatic rings. The minimum atomic E-state index is 0.396. The van der Waals surface area contributed by atoms with E-state index in [1.165, 1.54) is 12.8 Å². The van der Waals surface area contributed by atoms with Gasteiger partial charge in [0.25, 0.3) is 0 Å². The summed E-state index contributed by atoms with van der Waals surface area (Å²) in [7, 11) is 0. The van der Waals surface area contributed by atoms with Gasteiger partial charge in [-0.2, -0.15) is 0 Å². The minimum absolute atomic E-state index is 0.396. The first-order valence-corrected chi connectivity index (χ1v) is 8.37. The lowest BCUT2D eigenvalue weighted by atomic mass is 10.1. The lowest BCUT2D eigenvalue weighted by molar-refractivity contribution is 0.233. The predicted molar refractivity (Wildman–Crippen MR) is 90.0 cm³/mol. The molecule has 0 aromatic heterocycles. The number of nitrogens with zero attached hydrogens (tertiary/aromatic N) is 1. The SMILES string of the molecule is CC(C)CCN(CCC(C)C)Cc1cc(Br)ccc1O. The Morgan fingerprint density at radius 2 is 1.60 bits per heavy atom. The standard InChI is InChI=1S/C17H28BrNO/c1-13(2)7-9-19(10-8-14(3)4)12-15-11-16(18)5-6-17(15)20/h5-6,11,13-14,20H,7-10,12H2,1-4H3. The molecule has 0 spiro atoms. The molecule has 0 unspecified atom stereocenters. The van der Waals surface area contributed by atoms with Gasteiger partial charge in [-0.3, -0.25) is 4.90 Å². The minimum Gasteiger partial charge on any atom is -0.508 e. The van der Waals surface area contributed by atoms with E-state index in [4.69, 9.17) is 0 Å². The van der Waals surface area contributed by atoms with E-state index in [-0.39, 0.29) is 0 Å². The normalized spacial score (nSPS) is 11.8. The van der Waals surface area contributed by atoms with Gasteiger partial charge in [-0.05, 0) is 56.0 Å². The molecule has 3 heteroatoms. The van der Waals surface area contributed by atoms with Crippen molar-refractivity contribution in [3.63, 3.8) is 0 Å². The van der Waals surface area contributed by atoms with Crippen LogP contribution in [0.15, 0.2) is 22.7 Å². The Morgan fingerprint density at radius 3 is 2.10 bits per heavy atom. The highest BCUT2D eigenvalue weighted by molar-refractivity contribution is 9.10. The average molecular weight is 342 g/mol. The van der Waals surface area contributed by atoms with Gasteiger partial charge in [0.15, 0.2) is 0 Å². The topological polar surface area (TPSA) is 23.5 Å². The highest BCUT2D eigenvalue weighted by atomic mass is 79.9. The molecule has 1 aromatic carbocycles. The second-order valence-electron chi connectivity index (χ2n) is 6.41. The molecule has 114 valence electrons. The largest absolute Gasteiger partial charge is 0.508 e. The fourth-order valence-corrected chi connectivity index (χ4v) is 2.48. The summed E-state index contributed by atoms with van der Waals surface area (Å²) in [5, 5.41) is 9.99. The summed E-state index contributed by atoms with van der Waals surface area (Å²) >= 11 is 3.48. The molecule has 1 aromatic rings. The molecule has 0 bridgehead atoms. The zero-order chi connectivity index (χ0) is 15.1.